The first-order valence-corrected chi connectivity index (χ1v) is 5.25. The normalized spacial score (nSPS) is 10.1. The van der Waals surface area contributed by atoms with Crippen LogP contribution in [-0.2, 0) is 0 Å². The van der Waals surface area contributed by atoms with Crippen LogP contribution in [0.5, 0.6) is 5.75 Å². The number of nitrogens with two attached hydrogens (primary N) is 1. The van der Waals surface area contributed by atoms with E-state index in [1.807, 2.05) is 6.07 Å². The summed E-state index contributed by atoms with van der Waals surface area (Å²) in [4.78, 5) is 2.21. The first-order chi connectivity index (χ1) is 7.19. The van der Waals surface area contributed by atoms with Gasteiger partial charge >= 0.3 is 0 Å². The minimum absolute atomic E-state index is 0.736. The molecule has 0 aliphatic carbocycles. The zero-order valence-electron chi connectivity index (χ0n) is 9.79. The van der Waals surface area contributed by atoms with Gasteiger partial charge in [-0.3, -0.25) is 0 Å². The van der Waals surface area contributed by atoms with Crippen molar-refractivity contribution in [3.8, 4) is 5.75 Å². The first kappa shape index (κ1) is 11.9. The summed E-state index contributed by atoms with van der Waals surface area (Å²) in [5.41, 5.74) is 7.86. The van der Waals surface area contributed by atoms with E-state index in [2.05, 4.69) is 31.0 Å². The largest absolute Gasteiger partial charge is 0.496 e. The topological polar surface area (TPSA) is 38.5 Å². The van der Waals surface area contributed by atoms with Crippen molar-refractivity contribution in [2.24, 2.45) is 5.73 Å². The van der Waals surface area contributed by atoms with E-state index in [4.69, 9.17) is 10.5 Å². The number of anilines is 1. The minimum atomic E-state index is 0.736. The Morgan fingerprint density at radius 2 is 2.13 bits per heavy atom. The monoisotopic (exact) mass is 208 g/mol. The molecule has 0 saturated carbocycles. The van der Waals surface area contributed by atoms with E-state index in [-0.39, 0.29) is 0 Å². The van der Waals surface area contributed by atoms with Crippen LogP contribution in [0.15, 0.2) is 18.2 Å². The molecule has 0 spiro atoms. The average molecular weight is 208 g/mol. The summed E-state index contributed by atoms with van der Waals surface area (Å²) >= 11 is 0. The first-order valence-electron chi connectivity index (χ1n) is 5.25. The third-order valence-electron chi connectivity index (χ3n) is 2.52. The zero-order valence-corrected chi connectivity index (χ0v) is 9.79. The molecule has 3 heteroatoms. The van der Waals surface area contributed by atoms with Gasteiger partial charge in [0, 0.05) is 19.3 Å². The van der Waals surface area contributed by atoms with Crippen molar-refractivity contribution < 1.29 is 4.74 Å². The van der Waals surface area contributed by atoms with Crippen molar-refractivity contribution >= 4 is 5.69 Å². The van der Waals surface area contributed by atoms with Crippen molar-refractivity contribution in [3.05, 3.63) is 23.8 Å². The Hall–Kier alpha value is -1.22. The molecule has 0 heterocycles. The van der Waals surface area contributed by atoms with Crippen molar-refractivity contribution in [2.75, 3.05) is 32.1 Å². The number of ether oxygens (including phenoxy) is 1. The van der Waals surface area contributed by atoms with Crippen LogP contribution in [0, 0.1) is 6.92 Å². The second-order valence-electron chi connectivity index (χ2n) is 3.72. The highest BCUT2D eigenvalue weighted by molar-refractivity contribution is 5.52. The highest BCUT2D eigenvalue weighted by Gasteiger charge is 2.03. The van der Waals surface area contributed by atoms with Gasteiger partial charge in [0.05, 0.1) is 7.11 Å². The fourth-order valence-electron chi connectivity index (χ4n) is 1.56. The van der Waals surface area contributed by atoms with E-state index in [1.165, 1.54) is 5.69 Å². The average Bonchev–Trinajstić information content (AvgIpc) is 2.25. The van der Waals surface area contributed by atoms with Crippen LogP contribution >= 0.6 is 0 Å². The molecular formula is C12H20N2O. The molecule has 1 rings (SSSR count). The van der Waals surface area contributed by atoms with Gasteiger partial charge in [-0.1, -0.05) is 0 Å². The van der Waals surface area contributed by atoms with E-state index in [0.29, 0.717) is 0 Å². The lowest BCUT2D eigenvalue weighted by Crippen LogP contribution is -2.20. The summed E-state index contributed by atoms with van der Waals surface area (Å²) in [5.74, 6) is 0.936. The molecule has 0 aliphatic rings. The number of rotatable bonds is 5. The van der Waals surface area contributed by atoms with E-state index in [0.717, 1.165) is 30.8 Å². The Morgan fingerprint density at radius 1 is 1.40 bits per heavy atom. The Labute approximate surface area is 91.8 Å². The molecule has 84 valence electrons. The molecule has 0 amide bonds. The maximum Gasteiger partial charge on any atom is 0.121 e. The summed E-state index contributed by atoms with van der Waals surface area (Å²) in [6.07, 6.45) is 1.02. The number of benzene rings is 1. The molecule has 0 aromatic heterocycles. The molecule has 0 radical (unpaired) electrons. The summed E-state index contributed by atoms with van der Waals surface area (Å²) in [6, 6.07) is 6.21. The predicted octanol–water partition coefficient (Wildman–Crippen LogP) is 1.79. The second-order valence-corrected chi connectivity index (χ2v) is 3.72. The molecule has 0 aliphatic heterocycles. The summed E-state index contributed by atoms with van der Waals surface area (Å²) in [7, 11) is 3.77. The maximum atomic E-state index is 5.48. The van der Waals surface area contributed by atoms with Gasteiger partial charge in [0.25, 0.3) is 0 Å². The second kappa shape index (κ2) is 5.61. The number of hydrogen-bond donors (Lipinski definition) is 1. The Morgan fingerprint density at radius 3 is 2.67 bits per heavy atom. The Balaban J connectivity index is 2.73. The molecule has 3 nitrogen and oxygen atoms in total. The van der Waals surface area contributed by atoms with Crippen molar-refractivity contribution in [2.45, 2.75) is 13.3 Å². The van der Waals surface area contributed by atoms with Gasteiger partial charge in [-0.2, -0.15) is 0 Å². The quantitative estimate of drug-likeness (QED) is 0.801. The lowest BCUT2D eigenvalue weighted by molar-refractivity contribution is 0.411. The summed E-state index contributed by atoms with van der Waals surface area (Å²) < 4.78 is 5.22. The van der Waals surface area contributed by atoms with E-state index >= 15 is 0 Å². The molecule has 0 bridgehead atoms. The molecule has 0 saturated heterocycles. The fourth-order valence-corrected chi connectivity index (χ4v) is 1.56. The molecule has 1 aromatic rings. The zero-order chi connectivity index (χ0) is 11.3. The lowest BCUT2D eigenvalue weighted by atomic mass is 10.2. The van der Waals surface area contributed by atoms with E-state index < -0.39 is 0 Å². The standard InChI is InChI=1S/C12H20N2O/c1-10-9-11(5-6-12(10)15-3)14(2)8-4-7-13/h5-6,9H,4,7-8,13H2,1-3H3. The molecular weight excluding hydrogens is 188 g/mol. The van der Waals surface area contributed by atoms with Gasteiger partial charge in [0.15, 0.2) is 0 Å². The molecule has 2 N–H and O–H groups in total. The number of nitrogens with zero attached hydrogens (tertiary/aromatic N) is 1. The number of aryl methyl sites for hydroxylation is 1. The highest BCUT2D eigenvalue weighted by atomic mass is 16.5. The van der Waals surface area contributed by atoms with Crippen molar-refractivity contribution in [1.29, 1.82) is 0 Å². The third kappa shape index (κ3) is 3.13. The van der Waals surface area contributed by atoms with Crippen LogP contribution in [0.4, 0.5) is 5.69 Å². The van der Waals surface area contributed by atoms with Crippen molar-refractivity contribution in [3.63, 3.8) is 0 Å². The predicted molar refractivity (Wildman–Crippen MR) is 64.7 cm³/mol. The van der Waals surface area contributed by atoms with Gasteiger partial charge in [-0.15, -0.1) is 0 Å². The van der Waals surface area contributed by atoms with Crippen LogP contribution in [-0.4, -0.2) is 27.2 Å². The molecule has 15 heavy (non-hydrogen) atoms. The minimum Gasteiger partial charge on any atom is -0.496 e. The van der Waals surface area contributed by atoms with Gasteiger partial charge < -0.3 is 15.4 Å². The number of hydrogen-bond acceptors (Lipinski definition) is 3. The molecule has 0 unspecified atom stereocenters. The lowest BCUT2D eigenvalue weighted by Gasteiger charge is -2.20. The molecule has 0 atom stereocenters. The van der Waals surface area contributed by atoms with Gasteiger partial charge in [0.1, 0.15) is 5.75 Å². The third-order valence-corrected chi connectivity index (χ3v) is 2.52. The smallest absolute Gasteiger partial charge is 0.121 e. The Kier molecular flexibility index (Phi) is 4.43. The highest BCUT2D eigenvalue weighted by Crippen LogP contribution is 2.23. The van der Waals surface area contributed by atoms with Crippen LogP contribution < -0.4 is 15.4 Å². The summed E-state index contributed by atoms with van der Waals surface area (Å²) in [6.45, 7) is 3.78. The van der Waals surface area contributed by atoms with Crippen LogP contribution in [0.1, 0.15) is 12.0 Å². The van der Waals surface area contributed by atoms with Gasteiger partial charge in [-0.25, -0.2) is 0 Å². The summed E-state index contributed by atoms with van der Waals surface area (Å²) in [5, 5.41) is 0. The van der Waals surface area contributed by atoms with E-state index in [9.17, 15) is 0 Å². The SMILES string of the molecule is COc1ccc(N(C)CCCN)cc1C. The van der Waals surface area contributed by atoms with Crippen LogP contribution in [0.2, 0.25) is 0 Å². The fraction of sp³-hybridized carbons (Fsp3) is 0.500. The van der Waals surface area contributed by atoms with Gasteiger partial charge in [-0.05, 0) is 43.7 Å². The van der Waals surface area contributed by atoms with Crippen LogP contribution in [0.25, 0.3) is 0 Å². The number of methoxy groups -OCH3 is 1. The van der Waals surface area contributed by atoms with Crippen LogP contribution in [0.3, 0.4) is 0 Å². The van der Waals surface area contributed by atoms with Crippen molar-refractivity contribution in [1.82, 2.24) is 0 Å². The molecule has 0 fully saturated rings. The van der Waals surface area contributed by atoms with Gasteiger partial charge in [0.2, 0.25) is 0 Å². The molecule has 1 aromatic carbocycles. The van der Waals surface area contributed by atoms with E-state index in [1.54, 1.807) is 7.11 Å². The Bertz CT molecular complexity index is 312. The maximum absolute atomic E-state index is 5.48.